The second-order valence-corrected chi connectivity index (χ2v) is 5.35. The first-order valence-corrected chi connectivity index (χ1v) is 6.93. The predicted octanol–water partition coefficient (Wildman–Crippen LogP) is 3.09. The fourth-order valence-electron chi connectivity index (χ4n) is 1.89. The van der Waals surface area contributed by atoms with Crippen molar-refractivity contribution >= 4 is 33.4 Å². The summed E-state index contributed by atoms with van der Waals surface area (Å²) >= 11 is 9.36. The van der Waals surface area contributed by atoms with Crippen LogP contribution in [0.25, 0.3) is 0 Å². The Bertz CT molecular complexity index is 441. The van der Waals surface area contributed by atoms with Crippen molar-refractivity contribution in [2.75, 3.05) is 5.33 Å². The maximum Gasteiger partial charge on any atom is 0.253 e. The minimum absolute atomic E-state index is 0.0426. The number of rotatable bonds is 3. The first-order chi connectivity index (χ1) is 8.06. The van der Waals surface area contributed by atoms with Gasteiger partial charge in [0.25, 0.3) is 5.91 Å². The Hall–Kier alpha value is -0.740. The van der Waals surface area contributed by atoms with Gasteiger partial charge in [-0.1, -0.05) is 27.5 Å². The van der Waals surface area contributed by atoms with Crippen LogP contribution >= 0.6 is 27.5 Å². The molecule has 0 aliphatic heterocycles. The van der Waals surface area contributed by atoms with Crippen LogP contribution in [0.2, 0.25) is 5.02 Å². The van der Waals surface area contributed by atoms with Crippen LogP contribution in [-0.4, -0.2) is 21.9 Å². The summed E-state index contributed by atoms with van der Waals surface area (Å²) in [7, 11) is 0. The number of aromatic hydroxyl groups is 1. The topological polar surface area (TPSA) is 49.3 Å². The van der Waals surface area contributed by atoms with Crippen molar-refractivity contribution in [1.82, 2.24) is 5.32 Å². The first kappa shape index (κ1) is 12.7. The molecule has 17 heavy (non-hydrogen) atoms. The molecule has 0 unspecified atom stereocenters. The van der Waals surface area contributed by atoms with Crippen LogP contribution < -0.4 is 5.32 Å². The first-order valence-electron chi connectivity index (χ1n) is 5.43. The average molecular weight is 319 g/mol. The normalized spacial score (nSPS) is 17.3. The van der Waals surface area contributed by atoms with Gasteiger partial charge in [-0.3, -0.25) is 4.79 Å². The standard InChI is InChI=1S/C12H13BrClNO2/c13-7-12(4-1-5-12)15-11(17)9-6-8(16)2-3-10(9)14/h2-3,6,16H,1,4-5,7H2,(H,15,17). The van der Waals surface area contributed by atoms with Gasteiger partial charge >= 0.3 is 0 Å². The monoisotopic (exact) mass is 317 g/mol. The summed E-state index contributed by atoms with van der Waals surface area (Å²) in [5.41, 5.74) is 0.171. The second kappa shape index (κ2) is 4.86. The molecule has 1 aliphatic rings. The third-order valence-electron chi connectivity index (χ3n) is 3.14. The highest BCUT2D eigenvalue weighted by atomic mass is 79.9. The number of hydrogen-bond donors (Lipinski definition) is 2. The Morgan fingerprint density at radius 2 is 2.24 bits per heavy atom. The van der Waals surface area contributed by atoms with E-state index in [9.17, 15) is 9.90 Å². The Labute approximate surface area is 113 Å². The van der Waals surface area contributed by atoms with Crippen LogP contribution in [0.15, 0.2) is 18.2 Å². The Balaban J connectivity index is 2.17. The van der Waals surface area contributed by atoms with Crippen molar-refractivity contribution in [3.05, 3.63) is 28.8 Å². The van der Waals surface area contributed by atoms with Crippen LogP contribution in [0, 0.1) is 0 Å². The number of phenolic OH excluding ortho intramolecular Hbond substituents is 1. The molecule has 1 saturated carbocycles. The van der Waals surface area contributed by atoms with E-state index in [1.807, 2.05) is 0 Å². The van der Waals surface area contributed by atoms with E-state index in [1.54, 1.807) is 0 Å². The summed E-state index contributed by atoms with van der Waals surface area (Å²) in [6.07, 6.45) is 3.07. The van der Waals surface area contributed by atoms with E-state index in [0.717, 1.165) is 24.6 Å². The number of amides is 1. The van der Waals surface area contributed by atoms with Gasteiger partial charge in [-0.2, -0.15) is 0 Å². The quantitative estimate of drug-likeness (QED) is 0.841. The lowest BCUT2D eigenvalue weighted by molar-refractivity contribution is 0.0856. The van der Waals surface area contributed by atoms with Gasteiger partial charge in [0, 0.05) is 5.33 Å². The van der Waals surface area contributed by atoms with Crippen LogP contribution in [0.3, 0.4) is 0 Å². The molecule has 1 amide bonds. The van der Waals surface area contributed by atoms with Crippen molar-refractivity contribution in [3.63, 3.8) is 0 Å². The number of hydrogen-bond acceptors (Lipinski definition) is 2. The van der Waals surface area contributed by atoms with E-state index in [1.165, 1.54) is 18.2 Å². The van der Waals surface area contributed by atoms with Crippen molar-refractivity contribution in [2.45, 2.75) is 24.8 Å². The zero-order chi connectivity index (χ0) is 12.5. The molecule has 0 saturated heterocycles. The number of alkyl halides is 1. The molecule has 0 spiro atoms. The Morgan fingerprint density at radius 1 is 1.53 bits per heavy atom. The summed E-state index contributed by atoms with van der Waals surface area (Å²) in [4.78, 5) is 12.1. The third kappa shape index (κ3) is 2.58. The summed E-state index contributed by atoms with van der Waals surface area (Å²) in [5.74, 6) is -0.189. The molecule has 0 heterocycles. The Morgan fingerprint density at radius 3 is 2.76 bits per heavy atom. The van der Waals surface area contributed by atoms with Gasteiger partial charge in [0.05, 0.1) is 16.1 Å². The van der Waals surface area contributed by atoms with Gasteiger partial charge < -0.3 is 10.4 Å². The maximum absolute atomic E-state index is 12.1. The largest absolute Gasteiger partial charge is 0.508 e. The minimum Gasteiger partial charge on any atom is -0.508 e. The number of phenols is 1. The molecule has 5 heteroatoms. The van der Waals surface area contributed by atoms with Crippen LogP contribution in [0.5, 0.6) is 5.75 Å². The highest BCUT2D eigenvalue weighted by molar-refractivity contribution is 9.09. The molecule has 2 rings (SSSR count). The predicted molar refractivity (Wildman–Crippen MR) is 71.0 cm³/mol. The van der Waals surface area contributed by atoms with Gasteiger partial charge in [0.2, 0.25) is 0 Å². The van der Waals surface area contributed by atoms with E-state index < -0.39 is 0 Å². The van der Waals surface area contributed by atoms with Crippen LogP contribution in [0.4, 0.5) is 0 Å². The lowest BCUT2D eigenvalue weighted by atomic mass is 9.78. The molecule has 0 aromatic heterocycles. The molecule has 0 radical (unpaired) electrons. The summed E-state index contributed by atoms with van der Waals surface area (Å²) in [6.45, 7) is 0. The van der Waals surface area contributed by atoms with Crippen molar-refractivity contribution in [1.29, 1.82) is 0 Å². The highest BCUT2D eigenvalue weighted by Crippen LogP contribution is 2.34. The van der Waals surface area contributed by atoms with Crippen molar-refractivity contribution in [2.24, 2.45) is 0 Å². The maximum atomic E-state index is 12.1. The molecule has 2 N–H and O–H groups in total. The fraction of sp³-hybridized carbons (Fsp3) is 0.417. The van der Waals surface area contributed by atoms with E-state index in [0.29, 0.717) is 10.6 Å². The van der Waals surface area contributed by atoms with Gasteiger partial charge in [-0.05, 0) is 37.5 Å². The van der Waals surface area contributed by atoms with Gasteiger partial charge in [-0.15, -0.1) is 0 Å². The molecular weight excluding hydrogens is 305 g/mol. The van der Waals surface area contributed by atoms with Crippen LogP contribution in [0.1, 0.15) is 29.6 Å². The molecule has 1 aromatic rings. The molecule has 0 atom stereocenters. The van der Waals surface area contributed by atoms with E-state index in [4.69, 9.17) is 11.6 Å². The molecule has 3 nitrogen and oxygen atoms in total. The minimum atomic E-state index is -0.231. The van der Waals surface area contributed by atoms with E-state index in [2.05, 4.69) is 21.2 Å². The van der Waals surface area contributed by atoms with Crippen molar-refractivity contribution in [3.8, 4) is 5.75 Å². The number of carbonyl (C=O) groups excluding carboxylic acids is 1. The molecule has 0 bridgehead atoms. The van der Waals surface area contributed by atoms with Gasteiger partial charge in [0.15, 0.2) is 0 Å². The van der Waals surface area contributed by atoms with Crippen LogP contribution in [-0.2, 0) is 0 Å². The summed E-state index contributed by atoms with van der Waals surface area (Å²) in [6, 6.07) is 4.37. The summed E-state index contributed by atoms with van der Waals surface area (Å²) in [5, 5.41) is 13.4. The summed E-state index contributed by atoms with van der Waals surface area (Å²) < 4.78 is 0. The van der Waals surface area contributed by atoms with Gasteiger partial charge in [-0.25, -0.2) is 0 Å². The van der Waals surface area contributed by atoms with Crippen molar-refractivity contribution < 1.29 is 9.90 Å². The van der Waals surface area contributed by atoms with Gasteiger partial charge in [0.1, 0.15) is 5.75 Å². The molecule has 1 aromatic carbocycles. The number of benzene rings is 1. The number of halogens is 2. The highest BCUT2D eigenvalue weighted by Gasteiger charge is 2.37. The van der Waals surface area contributed by atoms with E-state index >= 15 is 0 Å². The average Bonchev–Trinajstić information content (AvgIpc) is 2.26. The molecule has 92 valence electrons. The molecule has 1 fully saturated rings. The van der Waals surface area contributed by atoms with E-state index in [-0.39, 0.29) is 17.2 Å². The molecular formula is C12H13BrClNO2. The SMILES string of the molecule is O=C(NC1(CBr)CCC1)c1cc(O)ccc1Cl. The Kier molecular flexibility index (Phi) is 3.64. The zero-order valence-corrected chi connectivity index (χ0v) is 11.5. The fourth-order valence-corrected chi connectivity index (χ4v) is 2.80. The third-order valence-corrected chi connectivity index (χ3v) is 4.54. The lowest BCUT2D eigenvalue weighted by Gasteiger charge is -2.41. The second-order valence-electron chi connectivity index (χ2n) is 4.39. The smallest absolute Gasteiger partial charge is 0.253 e. The lowest BCUT2D eigenvalue weighted by Crippen LogP contribution is -2.54. The molecule has 1 aliphatic carbocycles. The number of nitrogens with one attached hydrogen (secondary N) is 1. The number of carbonyl (C=O) groups is 1. The zero-order valence-electron chi connectivity index (χ0n) is 9.17.